The average Bonchev–Trinajstić information content (AvgIpc) is 2.42. The minimum absolute atomic E-state index is 1.32. The molecule has 0 saturated heterocycles. The van der Waals surface area contributed by atoms with Crippen LogP contribution in [0.15, 0.2) is 12.2 Å². The van der Waals surface area contributed by atoms with E-state index in [1.165, 1.54) is 66.0 Å². The summed E-state index contributed by atoms with van der Waals surface area (Å²) < 4.78 is 0. The second kappa shape index (κ2) is 12.3. The third kappa shape index (κ3) is 8.40. The van der Waals surface area contributed by atoms with E-state index in [0.29, 0.717) is 0 Å². The van der Waals surface area contributed by atoms with Gasteiger partial charge in [0.05, 0.1) is 0 Å². The van der Waals surface area contributed by atoms with Crippen molar-refractivity contribution in [1.29, 1.82) is 0 Å². The van der Waals surface area contributed by atoms with Crippen LogP contribution in [0.5, 0.6) is 0 Å². The molecule has 0 heterocycles. The number of rotatable bonds is 12. The van der Waals surface area contributed by atoms with E-state index in [4.69, 9.17) is 0 Å². The molecule has 0 bridgehead atoms. The Hall–Kier alpha value is 0.283. The van der Waals surface area contributed by atoms with E-state index in [1.54, 1.807) is 0 Å². The van der Waals surface area contributed by atoms with E-state index in [-0.39, 0.29) is 0 Å². The number of hydrogen-bond acceptors (Lipinski definition) is 0. The van der Waals surface area contributed by atoms with Gasteiger partial charge in [0.2, 0.25) is 0 Å². The zero-order chi connectivity index (χ0) is 13.7. The monoisotopic (exact) mass is 314 g/mol. The second-order valence-corrected chi connectivity index (χ2v) is 17.4. The number of allylic oxidation sites excluding steroid dienone is 2. The van der Waals surface area contributed by atoms with E-state index in [0.717, 1.165) is 0 Å². The number of hydrogen-bond donors (Lipinski definition) is 0. The molecule has 0 aliphatic carbocycles. The molecule has 0 spiro atoms. The van der Waals surface area contributed by atoms with Crippen molar-refractivity contribution in [2.75, 3.05) is 0 Å². The normalized spacial score (nSPS) is 12.4. The molecule has 0 aromatic rings. The summed E-state index contributed by atoms with van der Waals surface area (Å²) in [6, 6.07) is 0. The van der Waals surface area contributed by atoms with Crippen LogP contribution in [0.3, 0.4) is 0 Å². The first-order valence-corrected chi connectivity index (χ1v) is 14.3. The molecule has 0 aromatic heterocycles. The van der Waals surface area contributed by atoms with Crippen LogP contribution in [0.1, 0.15) is 72.6 Å². The summed E-state index contributed by atoms with van der Waals surface area (Å²) in [6.07, 6.45) is 14.8. The molecule has 0 aliphatic rings. The Morgan fingerprint density at radius 1 is 0.667 bits per heavy atom. The van der Waals surface area contributed by atoms with Crippen LogP contribution in [0.4, 0.5) is 0 Å². The van der Waals surface area contributed by atoms with Gasteiger partial charge < -0.3 is 0 Å². The van der Waals surface area contributed by atoms with Gasteiger partial charge >= 0.3 is 119 Å². The fraction of sp³-hybridized carbons (Fsp3) is 0.882. The van der Waals surface area contributed by atoms with Crippen molar-refractivity contribution >= 4 is 13.3 Å². The topological polar surface area (TPSA) is 0 Å². The van der Waals surface area contributed by atoms with Gasteiger partial charge in [-0.2, -0.15) is 0 Å². The Morgan fingerprint density at radius 2 is 1.22 bits per heavy atom. The van der Waals surface area contributed by atoms with Crippen LogP contribution < -0.4 is 0 Å². The van der Waals surface area contributed by atoms with Gasteiger partial charge in [-0.25, -0.2) is 0 Å². The van der Waals surface area contributed by atoms with Crippen molar-refractivity contribution in [3.8, 4) is 0 Å². The molecule has 18 heavy (non-hydrogen) atoms. The quantitative estimate of drug-likeness (QED) is 0.211. The first-order valence-electron chi connectivity index (χ1n) is 8.39. The Bertz CT molecular complexity index is 184. The van der Waals surface area contributed by atoms with Gasteiger partial charge in [-0.1, -0.05) is 0 Å². The van der Waals surface area contributed by atoms with Crippen molar-refractivity contribution in [2.45, 2.75) is 93.7 Å². The summed E-state index contributed by atoms with van der Waals surface area (Å²) in [6.45, 7) is 9.56. The molecule has 0 amide bonds. The Labute approximate surface area is 119 Å². The standard InChI is InChI=1S/C17H36Ge/c1-5-9-10-11-12-13-14-15-16-17-18(6-2,7-3)8-4/h15-16H,5-14,17H2,1-4H3/b16-15-. The Balaban J connectivity index is 3.58. The van der Waals surface area contributed by atoms with Gasteiger partial charge in [-0.15, -0.1) is 0 Å². The van der Waals surface area contributed by atoms with Crippen molar-refractivity contribution in [3.05, 3.63) is 12.2 Å². The van der Waals surface area contributed by atoms with Crippen LogP contribution in [-0.4, -0.2) is 13.3 Å². The van der Waals surface area contributed by atoms with Gasteiger partial charge in [0, 0.05) is 0 Å². The summed E-state index contributed by atoms with van der Waals surface area (Å²) in [5.74, 6) is 0. The summed E-state index contributed by atoms with van der Waals surface area (Å²) in [5, 5.41) is 6.00. The molecule has 0 aromatic carbocycles. The molecule has 0 aliphatic heterocycles. The van der Waals surface area contributed by atoms with Crippen LogP contribution >= 0.6 is 0 Å². The van der Waals surface area contributed by atoms with Gasteiger partial charge in [-0.3, -0.25) is 0 Å². The van der Waals surface area contributed by atoms with E-state index < -0.39 is 13.3 Å². The second-order valence-electron chi connectivity index (χ2n) is 5.79. The molecule has 1 heteroatoms. The van der Waals surface area contributed by atoms with Crippen molar-refractivity contribution in [3.63, 3.8) is 0 Å². The van der Waals surface area contributed by atoms with Crippen molar-refractivity contribution < 1.29 is 0 Å². The zero-order valence-electron chi connectivity index (χ0n) is 13.4. The number of unbranched alkanes of at least 4 members (excludes halogenated alkanes) is 6. The molecular formula is C17H36Ge. The first kappa shape index (κ1) is 18.3. The SMILES string of the molecule is CCCCCCCC/C=C\[CH2][Ge]([CH2]C)([CH2]C)[CH2]C. The van der Waals surface area contributed by atoms with Gasteiger partial charge in [0.15, 0.2) is 0 Å². The van der Waals surface area contributed by atoms with Crippen molar-refractivity contribution in [1.82, 2.24) is 0 Å². The third-order valence-corrected chi connectivity index (χ3v) is 16.4. The fourth-order valence-electron chi connectivity index (χ4n) is 2.68. The Kier molecular flexibility index (Phi) is 12.5. The molecule has 0 nitrogen and oxygen atoms in total. The van der Waals surface area contributed by atoms with E-state index in [1.807, 2.05) is 0 Å². The molecule has 0 saturated carbocycles. The minimum atomic E-state index is -1.41. The molecule has 0 N–H and O–H groups in total. The summed E-state index contributed by atoms with van der Waals surface area (Å²) in [5.41, 5.74) is 0. The third-order valence-electron chi connectivity index (χ3n) is 4.69. The predicted molar refractivity (Wildman–Crippen MR) is 89.1 cm³/mol. The molecular weight excluding hydrogens is 277 g/mol. The maximum atomic E-state index is 2.53. The van der Waals surface area contributed by atoms with Crippen LogP contribution in [0, 0.1) is 0 Å². The fourth-order valence-corrected chi connectivity index (χ4v) is 9.04. The summed E-state index contributed by atoms with van der Waals surface area (Å²) >= 11 is -1.41. The first-order chi connectivity index (χ1) is 8.74. The van der Waals surface area contributed by atoms with Crippen molar-refractivity contribution in [2.24, 2.45) is 0 Å². The zero-order valence-corrected chi connectivity index (χ0v) is 15.5. The Morgan fingerprint density at radius 3 is 1.78 bits per heavy atom. The predicted octanol–water partition coefficient (Wildman–Crippen LogP) is 6.80. The van der Waals surface area contributed by atoms with Gasteiger partial charge in [0.1, 0.15) is 0 Å². The molecule has 0 radical (unpaired) electrons. The van der Waals surface area contributed by atoms with Gasteiger partial charge in [0.25, 0.3) is 0 Å². The molecule has 0 unspecified atom stereocenters. The van der Waals surface area contributed by atoms with E-state index in [2.05, 4.69) is 39.8 Å². The van der Waals surface area contributed by atoms with Crippen LogP contribution in [0.25, 0.3) is 0 Å². The van der Waals surface area contributed by atoms with E-state index >= 15 is 0 Å². The van der Waals surface area contributed by atoms with Gasteiger partial charge in [-0.05, 0) is 0 Å². The summed E-state index contributed by atoms with van der Waals surface area (Å²) in [7, 11) is 0. The average molecular weight is 313 g/mol. The molecule has 0 fully saturated rings. The molecule has 0 rings (SSSR count). The molecule has 0 atom stereocenters. The maximum absolute atomic E-state index is 2.53. The van der Waals surface area contributed by atoms with E-state index in [9.17, 15) is 0 Å². The van der Waals surface area contributed by atoms with Crippen LogP contribution in [0.2, 0.25) is 21.0 Å². The van der Waals surface area contributed by atoms with Crippen LogP contribution in [-0.2, 0) is 0 Å². The summed E-state index contributed by atoms with van der Waals surface area (Å²) in [4.78, 5) is 0. The molecule has 108 valence electrons.